The van der Waals surface area contributed by atoms with Crippen LogP contribution in [0.4, 0.5) is 0 Å². The van der Waals surface area contributed by atoms with Crippen LogP contribution >= 0.6 is 11.8 Å². The largest absolute Gasteiger partial charge is 0.424 e. The topological polar surface area (TPSA) is 84.5 Å². The Balaban J connectivity index is 1.55. The highest BCUT2D eigenvalue weighted by Crippen LogP contribution is 2.42. The SMILES string of the molecule is Cc1nnc(CN2CN(C3c4ccccc4CSc4ccccc43)n3ccc(=O)c(C)c3C2=O)o1. The van der Waals surface area contributed by atoms with Crippen LogP contribution in [-0.2, 0) is 12.3 Å². The van der Waals surface area contributed by atoms with E-state index in [9.17, 15) is 9.59 Å². The number of nitrogens with zero attached hydrogens (tertiary/aromatic N) is 5. The normalized spacial score (nSPS) is 17.0. The van der Waals surface area contributed by atoms with Crippen LogP contribution in [0.3, 0.4) is 0 Å². The molecule has 4 heterocycles. The first kappa shape index (κ1) is 21.7. The average Bonchev–Trinajstić information content (AvgIpc) is 3.20. The smallest absolute Gasteiger partial charge is 0.274 e. The maximum atomic E-state index is 13.6. The van der Waals surface area contributed by atoms with Crippen molar-refractivity contribution < 1.29 is 9.21 Å². The van der Waals surface area contributed by atoms with Crippen LogP contribution in [0.1, 0.15) is 50.6 Å². The molecular weight excluding hydrogens is 462 g/mol. The van der Waals surface area contributed by atoms with Gasteiger partial charge in [0.15, 0.2) is 5.43 Å². The van der Waals surface area contributed by atoms with Crippen molar-refractivity contribution in [3.05, 3.63) is 111 Å². The van der Waals surface area contributed by atoms with Crippen molar-refractivity contribution in [1.29, 1.82) is 0 Å². The van der Waals surface area contributed by atoms with E-state index in [2.05, 4.69) is 57.7 Å². The number of amides is 1. The minimum atomic E-state index is -0.239. The third-order valence-electron chi connectivity index (χ3n) is 6.54. The number of hydrogen-bond donors (Lipinski definition) is 0. The summed E-state index contributed by atoms with van der Waals surface area (Å²) in [5.41, 5.74) is 4.18. The number of carbonyl (C=O) groups is 1. The van der Waals surface area contributed by atoms with E-state index in [4.69, 9.17) is 4.42 Å². The van der Waals surface area contributed by atoms with Crippen molar-refractivity contribution in [1.82, 2.24) is 19.8 Å². The number of fused-ring (bicyclic) bond motifs is 3. The van der Waals surface area contributed by atoms with Gasteiger partial charge in [0.25, 0.3) is 5.91 Å². The van der Waals surface area contributed by atoms with Crippen molar-refractivity contribution >= 4 is 17.7 Å². The van der Waals surface area contributed by atoms with Crippen molar-refractivity contribution in [3.63, 3.8) is 0 Å². The molecule has 2 aliphatic rings. The van der Waals surface area contributed by atoms with E-state index in [1.165, 1.54) is 22.1 Å². The van der Waals surface area contributed by atoms with Gasteiger partial charge in [-0.1, -0.05) is 42.5 Å². The summed E-state index contributed by atoms with van der Waals surface area (Å²) in [4.78, 5) is 29.1. The lowest BCUT2D eigenvalue weighted by Crippen LogP contribution is -2.55. The fraction of sp³-hybridized carbons (Fsp3) is 0.231. The maximum Gasteiger partial charge on any atom is 0.274 e. The Morgan fingerprint density at radius 2 is 1.77 bits per heavy atom. The zero-order chi connectivity index (χ0) is 24.1. The Morgan fingerprint density at radius 1 is 1.00 bits per heavy atom. The monoisotopic (exact) mass is 485 g/mol. The van der Waals surface area contributed by atoms with Crippen LogP contribution in [0.2, 0.25) is 0 Å². The van der Waals surface area contributed by atoms with Gasteiger partial charge in [0.05, 0.1) is 6.04 Å². The lowest BCUT2D eigenvalue weighted by Gasteiger charge is -2.44. The molecule has 9 heteroatoms. The van der Waals surface area contributed by atoms with Crippen molar-refractivity contribution in [2.75, 3.05) is 11.7 Å². The second-order valence-corrected chi connectivity index (χ2v) is 9.74. The van der Waals surface area contributed by atoms with Gasteiger partial charge >= 0.3 is 0 Å². The van der Waals surface area contributed by atoms with E-state index in [0.29, 0.717) is 23.0 Å². The van der Waals surface area contributed by atoms with Crippen molar-refractivity contribution in [2.24, 2.45) is 0 Å². The van der Waals surface area contributed by atoms with Gasteiger partial charge in [-0.15, -0.1) is 22.0 Å². The quantitative estimate of drug-likeness (QED) is 0.436. The lowest BCUT2D eigenvalue weighted by atomic mass is 9.94. The Morgan fingerprint density at radius 3 is 2.57 bits per heavy atom. The molecule has 0 saturated heterocycles. The number of carbonyl (C=O) groups excluding carboxylic acids is 1. The molecule has 35 heavy (non-hydrogen) atoms. The maximum absolute atomic E-state index is 13.6. The summed E-state index contributed by atoms with van der Waals surface area (Å²) >= 11 is 1.81. The second-order valence-electron chi connectivity index (χ2n) is 8.72. The van der Waals surface area contributed by atoms with E-state index in [1.54, 1.807) is 24.9 Å². The second kappa shape index (κ2) is 8.42. The molecule has 0 radical (unpaired) electrons. The van der Waals surface area contributed by atoms with E-state index in [0.717, 1.165) is 11.3 Å². The Labute approximate surface area is 206 Å². The van der Waals surface area contributed by atoms with Crippen LogP contribution in [0, 0.1) is 13.8 Å². The van der Waals surface area contributed by atoms with Gasteiger partial charge in [0, 0.05) is 35.4 Å². The molecule has 4 aromatic rings. The first-order valence-electron chi connectivity index (χ1n) is 11.4. The van der Waals surface area contributed by atoms with Crippen LogP contribution in [0.25, 0.3) is 0 Å². The molecule has 1 unspecified atom stereocenters. The highest BCUT2D eigenvalue weighted by molar-refractivity contribution is 7.98. The number of aryl methyl sites for hydroxylation is 1. The first-order valence-corrected chi connectivity index (χ1v) is 12.4. The van der Waals surface area contributed by atoms with Crippen LogP contribution in [0.15, 0.2) is 74.9 Å². The molecule has 0 N–H and O–H groups in total. The predicted molar refractivity (Wildman–Crippen MR) is 132 cm³/mol. The number of pyridine rings is 1. The summed E-state index contributed by atoms with van der Waals surface area (Å²) in [7, 11) is 0. The molecule has 0 spiro atoms. The minimum absolute atomic E-state index is 0.156. The van der Waals surface area contributed by atoms with Gasteiger partial charge in [-0.05, 0) is 29.7 Å². The summed E-state index contributed by atoms with van der Waals surface area (Å²) < 4.78 is 7.43. The molecule has 6 rings (SSSR count). The molecule has 0 fully saturated rings. The highest BCUT2D eigenvalue weighted by atomic mass is 32.2. The molecule has 2 aromatic carbocycles. The van der Waals surface area contributed by atoms with Gasteiger partial charge in [0.2, 0.25) is 11.8 Å². The minimum Gasteiger partial charge on any atom is -0.424 e. The summed E-state index contributed by atoms with van der Waals surface area (Å²) in [5.74, 6) is 1.42. The van der Waals surface area contributed by atoms with Crippen LogP contribution in [0.5, 0.6) is 0 Å². The van der Waals surface area contributed by atoms with Crippen LogP contribution < -0.4 is 10.4 Å². The van der Waals surface area contributed by atoms with Gasteiger partial charge in [-0.25, -0.2) is 0 Å². The first-order chi connectivity index (χ1) is 17.0. The summed E-state index contributed by atoms with van der Waals surface area (Å²) in [6.45, 7) is 3.86. The average molecular weight is 486 g/mol. The Bertz CT molecular complexity index is 1460. The molecule has 8 nitrogen and oxygen atoms in total. The summed E-state index contributed by atoms with van der Waals surface area (Å²) in [6.07, 6.45) is 1.71. The molecule has 176 valence electrons. The molecule has 0 bridgehead atoms. The number of benzene rings is 2. The fourth-order valence-electron chi connectivity index (χ4n) is 4.86. The van der Waals surface area contributed by atoms with Crippen molar-refractivity contribution in [2.45, 2.75) is 37.1 Å². The summed E-state index contributed by atoms with van der Waals surface area (Å²) in [6, 6.07) is 18.2. The molecular formula is C26H23N5O3S. The number of rotatable bonds is 3. The van der Waals surface area contributed by atoms with E-state index in [1.807, 2.05) is 22.5 Å². The third kappa shape index (κ3) is 3.63. The van der Waals surface area contributed by atoms with E-state index >= 15 is 0 Å². The number of hydrogen-bond acceptors (Lipinski definition) is 7. The van der Waals surface area contributed by atoms with Gasteiger partial charge < -0.3 is 9.32 Å². The van der Waals surface area contributed by atoms with Crippen molar-refractivity contribution in [3.8, 4) is 0 Å². The third-order valence-corrected chi connectivity index (χ3v) is 7.68. The molecule has 1 atom stereocenters. The number of thioether (sulfide) groups is 1. The van der Waals surface area contributed by atoms with E-state index in [-0.39, 0.29) is 30.6 Å². The standard InChI is InChI=1S/C26H23N5O3S/c1-16-21(32)11-12-30-24(16)26(33)29(13-23-28-27-17(2)34-23)15-31(30)25-19-8-4-3-7-18(19)14-35-22-10-6-5-9-20(22)25/h3-12,25H,13-15H2,1-2H3. The molecule has 2 aliphatic heterocycles. The Hall–Kier alpha value is -3.85. The molecule has 0 aliphatic carbocycles. The zero-order valence-corrected chi connectivity index (χ0v) is 20.2. The van der Waals surface area contributed by atoms with Crippen LogP contribution in [-0.4, -0.2) is 32.3 Å². The highest BCUT2D eigenvalue weighted by Gasteiger charge is 2.38. The van der Waals surface area contributed by atoms with E-state index < -0.39 is 0 Å². The van der Waals surface area contributed by atoms with Gasteiger partial charge in [0.1, 0.15) is 18.9 Å². The predicted octanol–water partition coefficient (Wildman–Crippen LogP) is 3.79. The fourth-order valence-corrected chi connectivity index (χ4v) is 5.96. The van der Waals surface area contributed by atoms with Gasteiger partial charge in [-0.2, -0.15) is 0 Å². The molecule has 2 aromatic heterocycles. The molecule has 1 amide bonds. The summed E-state index contributed by atoms with van der Waals surface area (Å²) in [5, 5.41) is 10.2. The lowest BCUT2D eigenvalue weighted by molar-refractivity contribution is 0.0651. The molecule has 0 saturated carbocycles. The Kier molecular flexibility index (Phi) is 5.21. The zero-order valence-electron chi connectivity index (χ0n) is 19.3. The number of aromatic nitrogens is 3. The van der Waals surface area contributed by atoms with Gasteiger partial charge in [-0.3, -0.25) is 19.3 Å².